The van der Waals surface area contributed by atoms with Gasteiger partial charge in [-0.3, -0.25) is 4.79 Å². The molecule has 0 saturated carbocycles. The fourth-order valence-electron chi connectivity index (χ4n) is 2.78. The van der Waals surface area contributed by atoms with Crippen molar-refractivity contribution in [3.63, 3.8) is 0 Å². The topological polar surface area (TPSA) is 77.7 Å². The molecule has 1 fully saturated rings. The molecule has 1 amide bonds. The molecule has 0 unspecified atom stereocenters. The van der Waals surface area contributed by atoms with Crippen LogP contribution in [0, 0.1) is 12.8 Å². The molecule has 0 aliphatic carbocycles. The summed E-state index contributed by atoms with van der Waals surface area (Å²) in [6.45, 7) is 9.98. The minimum atomic E-state index is -0.300. The van der Waals surface area contributed by atoms with Crippen LogP contribution < -0.4 is 0 Å². The van der Waals surface area contributed by atoms with Crippen LogP contribution in [0.15, 0.2) is 4.42 Å². The lowest BCUT2D eigenvalue weighted by Gasteiger charge is -2.33. The normalized spacial score (nSPS) is 20.0. The van der Waals surface area contributed by atoms with Crippen molar-refractivity contribution in [3.05, 3.63) is 11.8 Å². The SMILES string of the molecule is Cc1nnc([C@@H]2COCCN2C(=O)CCO[C@H](C)CC(C)C)o1. The molecule has 0 radical (unpaired) electrons. The second-order valence-corrected chi connectivity index (χ2v) is 6.40. The van der Waals surface area contributed by atoms with Crippen LogP contribution in [0.5, 0.6) is 0 Å². The second kappa shape index (κ2) is 8.40. The van der Waals surface area contributed by atoms with Crippen molar-refractivity contribution in [2.75, 3.05) is 26.4 Å². The molecule has 7 nitrogen and oxygen atoms in total. The number of hydrogen-bond donors (Lipinski definition) is 0. The summed E-state index contributed by atoms with van der Waals surface area (Å²) in [7, 11) is 0. The standard InChI is InChI=1S/C16H27N3O4/c1-11(2)9-12(3)22-7-5-15(20)19-6-8-21-10-14(19)16-18-17-13(4)23-16/h11-12,14H,5-10H2,1-4H3/t12-,14+/m1/s1. The molecule has 1 aliphatic rings. The zero-order valence-corrected chi connectivity index (χ0v) is 14.4. The van der Waals surface area contributed by atoms with Crippen molar-refractivity contribution in [1.29, 1.82) is 0 Å². The Bertz CT molecular complexity index is 503. The summed E-state index contributed by atoms with van der Waals surface area (Å²) in [4.78, 5) is 14.2. The van der Waals surface area contributed by atoms with Crippen molar-refractivity contribution in [3.8, 4) is 0 Å². The maximum atomic E-state index is 12.5. The highest BCUT2D eigenvalue weighted by molar-refractivity contribution is 5.76. The van der Waals surface area contributed by atoms with Crippen molar-refractivity contribution in [2.24, 2.45) is 5.92 Å². The van der Waals surface area contributed by atoms with Gasteiger partial charge in [0.15, 0.2) is 0 Å². The predicted octanol–water partition coefficient (Wildman–Crippen LogP) is 2.12. The molecule has 23 heavy (non-hydrogen) atoms. The molecule has 1 aliphatic heterocycles. The van der Waals surface area contributed by atoms with Crippen LogP contribution >= 0.6 is 0 Å². The molecule has 0 N–H and O–H groups in total. The van der Waals surface area contributed by atoms with Crippen LogP contribution in [0.25, 0.3) is 0 Å². The summed E-state index contributed by atoms with van der Waals surface area (Å²) in [5, 5.41) is 7.86. The zero-order valence-electron chi connectivity index (χ0n) is 14.4. The zero-order chi connectivity index (χ0) is 16.8. The van der Waals surface area contributed by atoms with Crippen LogP contribution in [0.3, 0.4) is 0 Å². The van der Waals surface area contributed by atoms with Crippen LogP contribution in [0.4, 0.5) is 0 Å². The average molecular weight is 325 g/mol. The maximum Gasteiger partial charge on any atom is 0.241 e. The van der Waals surface area contributed by atoms with Crippen LogP contribution in [0.1, 0.15) is 51.4 Å². The Labute approximate surface area is 137 Å². The second-order valence-electron chi connectivity index (χ2n) is 6.40. The van der Waals surface area contributed by atoms with Gasteiger partial charge in [-0.05, 0) is 19.3 Å². The number of aryl methyl sites for hydroxylation is 1. The minimum Gasteiger partial charge on any atom is -0.423 e. The van der Waals surface area contributed by atoms with E-state index in [1.54, 1.807) is 11.8 Å². The fourth-order valence-corrected chi connectivity index (χ4v) is 2.78. The fraction of sp³-hybridized carbons (Fsp3) is 0.812. The maximum absolute atomic E-state index is 12.5. The molecule has 2 heterocycles. The van der Waals surface area contributed by atoms with Gasteiger partial charge in [0.25, 0.3) is 0 Å². The summed E-state index contributed by atoms with van der Waals surface area (Å²) in [5.41, 5.74) is 0. The molecule has 0 bridgehead atoms. The van der Waals surface area contributed by atoms with Crippen LogP contribution in [-0.4, -0.2) is 53.5 Å². The smallest absolute Gasteiger partial charge is 0.241 e. The lowest BCUT2D eigenvalue weighted by atomic mass is 10.1. The number of carbonyl (C=O) groups is 1. The van der Waals surface area contributed by atoms with E-state index in [1.807, 2.05) is 6.92 Å². The molecule has 0 spiro atoms. The van der Waals surface area contributed by atoms with Crippen LogP contribution in [-0.2, 0) is 14.3 Å². The molecule has 2 atom stereocenters. The van der Waals surface area contributed by atoms with Crippen molar-refractivity contribution in [1.82, 2.24) is 15.1 Å². The third kappa shape index (κ3) is 5.28. The Balaban J connectivity index is 1.86. The van der Waals surface area contributed by atoms with E-state index in [1.165, 1.54) is 0 Å². The summed E-state index contributed by atoms with van der Waals surface area (Å²) >= 11 is 0. The number of amides is 1. The summed E-state index contributed by atoms with van der Waals surface area (Å²) < 4.78 is 16.7. The molecular formula is C16H27N3O4. The first kappa shape index (κ1) is 17.9. The molecular weight excluding hydrogens is 298 g/mol. The van der Waals surface area contributed by atoms with Gasteiger partial charge < -0.3 is 18.8 Å². The Morgan fingerprint density at radius 2 is 2.17 bits per heavy atom. The van der Waals surface area contributed by atoms with E-state index in [0.29, 0.717) is 50.5 Å². The van der Waals surface area contributed by atoms with E-state index in [0.717, 1.165) is 6.42 Å². The first-order chi connectivity index (χ1) is 11.0. The van der Waals surface area contributed by atoms with Gasteiger partial charge in [-0.25, -0.2) is 0 Å². The number of nitrogens with zero attached hydrogens (tertiary/aromatic N) is 3. The number of ether oxygens (including phenoxy) is 2. The van der Waals surface area contributed by atoms with Gasteiger partial charge in [0.05, 0.1) is 32.3 Å². The quantitative estimate of drug-likeness (QED) is 0.764. The lowest BCUT2D eigenvalue weighted by Crippen LogP contribution is -2.44. The van der Waals surface area contributed by atoms with E-state index < -0.39 is 0 Å². The first-order valence-corrected chi connectivity index (χ1v) is 8.26. The largest absolute Gasteiger partial charge is 0.423 e. The van der Waals surface area contributed by atoms with E-state index in [-0.39, 0.29) is 18.1 Å². The molecule has 130 valence electrons. The molecule has 2 rings (SSSR count). The summed E-state index contributed by atoms with van der Waals surface area (Å²) in [6.07, 6.45) is 1.52. The highest BCUT2D eigenvalue weighted by atomic mass is 16.5. The van der Waals surface area contributed by atoms with Gasteiger partial charge in [-0.15, -0.1) is 10.2 Å². The third-order valence-electron chi connectivity index (χ3n) is 3.80. The predicted molar refractivity (Wildman–Crippen MR) is 83.8 cm³/mol. The van der Waals surface area contributed by atoms with Gasteiger partial charge in [0.1, 0.15) is 6.04 Å². The number of carbonyl (C=O) groups excluding carboxylic acids is 1. The number of hydrogen-bond acceptors (Lipinski definition) is 6. The van der Waals surface area contributed by atoms with Gasteiger partial charge in [0.2, 0.25) is 17.7 Å². The number of morpholine rings is 1. The van der Waals surface area contributed by atoms with E-state index >= 15 is 0 Å². The summed E-state index contributed by atoms with van der Waals surface area (Å²) in [5.74, 6) is 1.55. The minimum absolute atomic E-state index is 0.0332. The average Bonchev–Trinajstić information content (AvgIpc) is 2.93. The number of rotatable bonds is 7. The van der Waals surface area contributed by atoms with Crippen molar-refractivity contribution in [2.45, 2.75) is 52.7 Å². The number of aromatic nitrogens is 2. The van der Waals surface area contributed by atoms with E-state index in [9.17, 15) is 4.79 Å². The van der Waals surface area contributed by atoms with Crippen LogP contribution in [0.2, 0.25) is 0 Å². The molecule has 1 aromatic heterocycles. The van der Waals surface area contributed by atoms with E-state index in [2.05, 4.69) is 24.0 Å². The monoisotopic (exact) mass is 325 g/mol. The third-order valence-corrected chi connectivity index (χ3v) is 3.80. The molecule has 1 saturated heterocycles. The summed E-state index contributed by atoms with van der Waals surface area (Å²) in [6, 6.07) is -0.300. The van der Waals surface area contributed by atoms with Gasteiger partial charge in [-0.1, -0.05) is 13.8 Å². The highest BCUT2D eigenvalue weighted by Crippen LogP contribution is 2.24. The van der Waals surface area contributed by atoms with Gasteiger partial charge in [0, 0.05) is 13.5 Å². The Morgan fingerprint density at radius 3 is 2.83 bits per heavy atom. The lowest BCUT2D eigenvalue weighted by molar-refractivity contribution is -0.142. The molecule has 7 heteroatoms. The molecule has 1 aromatic rings. The van der Waals surface area contributed by atoms with Crippen molar-refractivity contribution >= 4 is 5.91 Å². The highest BCUT2D eigenvalue weighted by Gasteiger charge is 2.32. The Morgan fingerprint density at radius 1 is 1.39 bits per heavy atom. The van der Waals surface area contributed by atoms with Gasteiger partial charge >= 0.3 is 0 Å². The van der Waals surface area contributed by atoms with Gasteiger partial charge in [-0.2, -0.15) is 0 Å². The van der Waals surface area contributed by atoms with Crippen molar-refractivity contribution < 1.29 is 18.7 Å². The van der Waals surface area contributed by atoms with E-state index in [4.69, 9.17) is 13.9 Å². The Hall–Kier alpha value is -1.47. The molecule has 0 aromatic carbocycles. The first-order valence-electron chi connectivity index (χ1n) is 8.26. The Kier molecular flexibility index (Phi) is 6.53.